The molecule has 0 saturated carbocycles. The van der Waals surface area contributed by atoms with Gasteiger partial charge in [0.1, 0.15) is 5.82 Å². The molecule has 0 aliphatic carbocycles. The Hall–Kier alpha value is -2.46. The standard InChI is InChI=1S/C17H17N3O/c1-12-18-17(20-19-12)15-9-7-14(8-10-15)16(21)11-13-5-3-2-4-6-13/h2-10,16,21H,11H2,1H3,(H,18,19,20). The number of aryl methyl sites for hydroxylation is 1. The van der Waals surface area contributed by atoms with E-state index in [4.69, 9.17) is 0 Å². The average molecular weight is 279 g/mol. The van der Waals surface area contributed by atoms with E-state index in [1.807, 2.05) is 61.5 Å². The minimum atomic E-state index is -0.504. The van der Waals surface area contributed by atoms with Crippen LogP contribution in [0.3, 0.4) is 0 Å². The molecule has 4 heteroatoms. The van der Waals surface area contributed by atoms with Gasteiger partial charge in [0.05, 0.1) is 6.10 Å². The van der Waals surface area contributed by atoms with Crippen molar-refractivity contribution in [2.75, 3.05) is 0 Å². The number of benzene rings is 2. The van der Waals surface area contributed by atoms with Gasteiger partial charge in [-0.05, 0) is 18.1 Å². The van der Waals surface area contributed by atoms with Crippen molar-refractivity contribution in [1.82, 2.24) is 15.2 Å². The summed E-state index contributed by atoms with van der Waals surface area (Å²) in [5.41, 5.74) is 2.96. The lowest BCUT2D eigenvalue weighted by molar-refractivity contribution is 0.178. The Morgan fingerprint density at radius 3 is 2.38 bits per heavy atom. The Balaban J connectivity index is 1.74. The van der Waals surface area contributed by atoms with Crippen molar-refractivity contribution in [1.29, 1.82) is 0 Å². The quantitative estimate of drug-likeness (QED) is 0.771. The Kier molecular flexibility index (Phi) is 3.79. The molecule has 0 saturated heterocycles. The smallest absolute Gasteiger partial charge is 0.181 e. The number of rotatable bonds is 4. The predicted octanol–water partition coefficient (Wildman–Crippen LogP) is 3.06. The average Bonchev–Trinajstić information content (AvgIpc) is 2.95. The van der Waals surface area contributed by atoms with Crippen LogP contribution in [0.25, 0.3) is 11.4 Å². The van der Waals surface area contributed by atoms with E-state index in [0.717, 1.165) is 22.5 Å². The van der Waals surface area contributed by atoms with Crippen LogP contribution in [-0.2, 0) is 6.42 Å². The first-order chi connectivity index (χ1) is 10.2. The van der Waals surface area contributed by atoms with Gasteiger partial charge in [-0.15, -0.1) is 0 Å². The molecular formula is C17H17N3O. The zero-order valence-electron chi connectivity index (χ0n) is 11.8. The molecule has 21 heavy (non-hydrogen) atoms. The van der Waals surface area contributed by atoms with Crippen LogP contribution in [0.2, 0.25) is 0 Å². The van der Waals surface area contributed by atoms with Gasteiger partial charge in [-0.3, -0.25) is 5.10 Å². The van der Waals surface area contributed by atoms with Crippen molar-refractivity contribution in [3.63, 3.8) is 0 Å². The molecule has 0 radical (unpaired) electrons. The van der Waals surface area contributed by atoms with Gasteiger partial charge in [-0.1, -0.05) is 54.6 Å². The fourth-order valence-corrected chi connectivity index (χ4v) is 2.28. The Morgan fingerprint density at radius 1 is 1.05 bits per heavy atom. The van der Waals surface area contributed by atoms with Gasteiger partial charge < -0.3 is 5.11 Å². The summed E-state index contributed by atoms with van der Waals surface area (Å²) in [7, 11) is 0. The first-order valence-electron chi connectivity index (χ1n) is 6.94. The van der Waals surface area contributed by atoms with Crippen LogP contribution >= 0.6 is 0 Å². The summed E-state index contributed by atoms with van der Waals surface area (Å²) < 4.78 is 0. The fraction of sp³-hybridized carbons (Fsp3) is 0.176. The summed E-state index contributed by atoms with van der Waals surface area (Å²) in [6.45, 7) is 1.87. The summed E-state index contributed by atoms with van der Waals surface area (Å²) >= 11 is 0. The van der Waals surface area contributed by atoms with Crippen LogP contribution < -0.4 is 0 Å². The molecule has 0 aliphatic heterocycles. The van der Waals surface area contributed by atoms with Crippen LogP contribution in [-0.4, -0.2) is 20.3 Å². The highest BCUT2D eigenvalue weighted by Crippen LogP contribution is 2.21. The molecular weight excluding hydrogens is 262 g/mol. The molecule has 3 rings (SSSR count). The van der Waals surface area contributed by atoms with Crippen LogP contribution in [0, 0.1) is 6.92 Å². The van der Waals surface area contributed by atoms with E-state index in [2.05, 4.69) is 15.2 Å². The molecule has 0 spiro atoms. The number of aromatic amines is 1. The third kappa shape index (κ3) is 3.17. The molecule has 2 aromatic carbocycles. The van der Waals surface area contributed by atoms with Crippen molar-refractivity contribution in [2.24, 2.45) is 0 Å². The number of nitrogens with zero attached hydrogens (tertiary/aromatic N) is 2. The lowest BCUT2D eigenvalue weighted by Crippen LogP contribution is -2.01. The normalized spacial score (nSPS) is 12.3. The summed E-state index contributed by atoms with van der Waals surface area (Å²) in [6, 6.07) is 17.7. The van der Waals surface area contributed by atoms with Gasteiger partial charge in [-0.2, -0.15) is 5.10 Å². The van der Waals surface area contributed by atoms with E-state index in [-0.39, 0.29) is 0 Å². The van der Waals surface area contributed by atoms with E-state index in [9.17, 15) is 5.11 Å². The maximum Gasteiger partial charge on any atom is 0.181 e. The number of aliphatic hydroxyl groups excluding tert-OH is 1. The summed E-state index contributed by atoms with van der Waals surface area (Å²) in [5, 5.41) is 17.3. The van der Waals surface area contributed by atoms with Crippen LogP contribution in [0.5, 0.6) is 0 Å². The van der Waals surface area contributed by atoms with Gasteiger partial charge in [0.25, 0.3) is 0 Å². The van der Waals surface area contributed by atoms with E-state index in [0.29, 0.717) is 12.2 Å². The van der Waals surface area contributed by atoms with E-state index in [1.165, 1.54) is 0 Å². The number of aromatic nitrogens is 3. The number of hydrogen-bond acceptors (Lipinski definition) is 3. The predicted molar refractivity (Wildman–Crippen MR) is 81.7 cm³/mol. The Labute approximate surface area is 123 Å². The van der Waals surface area contributed by atoms with Crippen molar-refractivity contribution in [2.45, 2.75) is 19.4 Å². The minimum absolute atomic E-state index is 0.504. The molecule has 1 aromatic heterocycles. The molecule has 1 heterocycles. The SMILES string of the molecule is Cc1nc(-c2ccc(C(O)Cc3ccccc3)cc2)n[nH]1. The summed E-state index contributed by atoms with van der Waals surface area (Å²) in [4.78, 5) is 4.29. The van der Waals surface area contributed by atoms with Crippen molar-refractivity contribution in [3.8, 4) is 11.4 Å². The second kappa shape index (κ2) is 5.89. The highest BCUT2D eigenvalue weighted by molar-refractivity contribution is 5.55. The number of nitrogens with one attached hydrogen (secondary N) is 1. The highest BCUT2D eigenvalue weighted by Gasteiger charge is 2.10. The molecule has 2 N–H and O–H groups in total. The molecule has 0 amide bonds. The van der Waals surface area contributed by atoms with E-state index < -0.39 is 6.10 Å². The zero-order chi connectivity index (χ0) is 14.7. The lowest BCUT2D eigenvalue weighted by Gasteiger charge is -2.11. The molecule has 3 aromatic rings. The Bertz CT molecular complexity index is 704. The lowest BCUT2D eigenvalue weighted by atomic mass is 10.0. The third-order valence-corrected chi connectivity index (χ3v) is 3.42. The summed E-state index contributed by atoms with van der Waals surface area (Å²) in [6.07, 6.45) is 0.107. The third-order valence-electron chi connectivity index (χ3n) is 3.42. The second-order valence-corrected chi connectivity index (χ2v) is 5.07. The topological polar surface area (TPSA) is 61.8 Å². The van der Waals surface area contributed by atoms with Gasteiger partial charge >= 0.3 is 0 Å². The van der Waals surface area contributed by atoms with Crippen LogP contribution in [0.4, 0.5) is 0 Å². The molecule has 0 fully saturated rings. The fourth-order valence-electron chi connectivity index (χ4n) is 2.28. The minimum Gasteiger partial charge on any atom is -0.388 e. The largest absolute Gasteiger partial charge is 0.388 e. The maximum absolute atomic E-state index is 10.3. The van der Waals surface area contributed by atoms with Crippen molar-refractivity contribution < 1.29 is 5.11 Å². The Morgan fingerprint density at radius 2 is 1.76 bits per heavy atom. The summed E-state index contributed by atoms with van der Waals surface area (Å²) in [5.74, 6) is 1.47. The maximum atomic E-state index is 10.3. The van der Waals surface area contributed by atoms with Crippen molar-refractivity contribution in [3.05, 3.63) is 71.5 Å². The monoisotopic (exact) mass is 279 g/mol. The van der Waals surface area contributed by atoms with Gasteiger partial charge in [0, 0.05) is 12.0 Å². The first kappa shape index (κ1) is 13.5. The highest BCUT2D eigenvalue weighted by atomic mass is 16.3. The van der Waals surface area contributed by atoms with Crippen LogP contribution in [0.1, 0.15) is 23.1 Å². The second-order valence-electron chi connectivity index (χ2n) is 5.07. The number of aliphatic hydroxyl groups is 1. The number of hydrogen-bond donors (Lipinski definition) is 2. The molecule has 0 aliphatic rings. The molecule has 4 nitrogen and oxygen atoms in total. The molecule has 106 valence electrons. The van der Waals surface area contributed by atoms with E-state index >= 15 is 0 Å². The van der Waals surface area contributed by atoms with E-state index in [1.54, 1.807) is 0 Å². The van der Waals surface area contributed by atoms with Gasteiger partial charge in [0.15, 0.2) is 5.82 Å². The molecule has 0 bridgehead atoms. The van der Waals surface area contributed by atoms with Gasteiger partial charge in [0.2, 0.25) is 0 Å². The van der Waals surface area contributed by atoms with Crippen LogP contribution in [0.15, 0.2) is 54.6 Å². The zero-order valence-corrected chi connectivity index (χ0v) is 11.8. The first-order valence-corrected chi connectivity index (χ1v) is 6.94. The van der Waals surface area contributed by atoms with Gasteiger partial charge in [-0.25, -0.2) is 4.98 Å². The molecule has 1 unspecified atom stereocenters. The molecule has 1 atom stereocenters. The van der Waals surface area contributed by atoms with Crippen molar-refractivity contribution >= 4 is 0 Å². The number of H-pyrrole nitrogens is 1.